The minimum absolute atomic E-state index is 0.0437. The summed E-state index contributed by atoms with van der Waals surface area (Å²) < 4.78 is 18.8. The maximum atomic E-state index is 13.7. The second-order valence-electron chi connectivity index (χ2n) is 9.88. The van der Waals surface area contributed by atoms with Gasteiger partial charge < -0.3 is 30.7 Å². The molecule has 0 saturated carbocycles. The SMILES string of the molecule is CCNc1cc(C(=O)N[C@@H](Cc2ccccc2)[C@H](O)CNCc2ccc(F)c(OC)c2)cc(N2CCCC2=O)c1. The van der Waals surface area contributed by atoms with Crippen molar-refractivity contribution in [1.82, 2.24) is 10.6 Å². The van der Waals surface area contributed by atoms with E-state index < -0.39 is 18.0 Å². The third-order valence-electron chi connectivity index (χ3n) is 6.92. The van der Waals surface area contributed by atoms with Crippen LogP contribution >= 0.6 is 0 Å². The average Bonchev–Trinajstić information content (AvgIpc) is 3.39. The first kappa shape index (κ1) is 29.0. The summed E-state index contributed by atoms with van der Waals surface area (Å²) in [6.07, 6.45) is 0.790. The topological polar surface area (TPSA) is 103 Å². The number of hydrogen-bond donors (Lipinski definition) is 4. The van der Waals surface area contributed by atoms with Gasteiger partial charge in [-0.3, -0.25) is 9.59 Å². The van der Waals surface area contributed by atoms with Gasteiger partial charge >= 0.3 is 0 Å². The predicted octanol–water partition coefficient (Wildman–Crippen LogP) is 3.88. The monoisotopic (exact) mass is 548 g/mol. The zero-order valence-electron chi connectivity index (χ0n) is 23.0. The standard InChI is InChI=1S/C31H37FN4O4/c1-3-34-24-16-23(17-25(18-24)36-13-7-10-30(36)38)31(39)35-27(14-21-8-5-4-6-9-21)28(37)20-33-19-22-11-12-26(32)29(15-22)40-2/h4-6,8-9,11-12,15-18,27-28,33-34,37H,3,7,10,13-14,19-20H2,1-2H3,(H,35,39)/t27-,28+/m0/s1. The molecular formula is C31H37FN4O4. The van der Waals surface area contributed by atoms with E-state index in [9.17, 15) is 19.1 Å². The Morgan fingerprint density at radius 1 is 1.10 bits per heavy atom. The molecule has 0 aliphatic carbocycles. The molecule has 212 valence electrons. The number of methoxy groups -OCH3 is 1. The summed E-state index contributed by atoms with van der Waals surface area (Å²) in [5, 5.41) is 20.6. The predicted molar refractivity (Wildman–Crippen MR) is 154 cm³/mol. The number of ether oxygens (including phenoxy) is 1. The molecule has 9 heteroatoms. The number of aliphatic hydroxyl groups excluding tert-OH is 1. The second-order valence-corrected chi connectivity index (χ2v) is 9.88. The Bertz CT molecular complexity index is 1300. The molecule has 8 nitrogen and oxygen atoms in total. The molecule has 0 bridgehead atoms. The van der Waals surface area contributed by atoms with E-state index in [4.69, 9.17) is 4.74 Å². The van der Waals surface area contributed by atoms with Crippen LogP contribution in [0.4, 0.5) is 15.8 Å². The Hall–Kier alpha value is -3.95. The molecule has 1 fully saturated rings. The summed E-state index contributed by atoms with van der Waals surface area (Å²) in [6, 6.07) is 19.0. The molecule has 0 aromatic heterocycles. The third kappa shape index (κ3) is 7.58. The molecule has 4 N–H and O–H groups in total. The molecule has 0 unspecified atom stereocenters. The van der Waals surface area contributed by atoms with E-state index in [1.165, 1.54) is 13.2 Å². The number of benzene rings is 3. The number of anilines is 2. The van der Waals surface area contributed by atoms with E-state index >= 15 is 0 Å². The summed E-state index contributed by atoms with van der Waals surface area (Å²) in [6.45, 7) is 3.84. The Morgan fingerprint density at radius 2 is 1.90 bits per heavy atom. The smallest absolute Gasteiger partial charge is 0.251 e. The number of halogens is 1. The van der Waals surface area contributed by atoms with Gasteiger partial charge in [0.15, 0.2) is 11.6 Å². The molecule has 4 rings (SSSR count). The lowest BCUT2D eigenvalue weighted by atomic mass is 10.00. The number of rotatable bonds is 13. The Kier molecular flexibility index (Phi) is 10.1. The highest BCUT2D eigenvalue weighted by Gasteiger charge is 2.26. The van der Waals surface area contributed by atoms with Crippen LogP contribution in [0.25, 0.3) is 0 Å². The van der Waals surface area contributed by atoms with E-state index in [0.29, 0.717) is 43.7 Å². The molecule has 1 saturated heterocycles. The van der Waals surface area contributed by atoms with Crippen LogP contribution in [-0.2, 0) is 17.8 Å². The van der Waals surface area contributed by atoms with Crippen LogP contribution in [0.1, 0.15) is 41.3 Å². The number of carbonyl (C=O) groups excluding carboxylic acids is 2. The third-order valence-corrected chi connectivity index (χ3v) is 6.92. The Labute approximate surface area is 234 Å². The maximum absolute atomic E-state index is 13.7. The van der Waals surface area contributed by atoms with E-state index in [0.717, 1.165) is 23.2 Å². The van der Waals surface area contributed by atoms with Gasteiger partial charge in [-0.05, 0) is 61.2 Å². The first-order valence-corrected chi connectivity index (χ1v) is 13.6. The number of aliphatic hydroxyl groups is 1. The minimum Gasteiger partial charge on any atom is -0.494 e. The molecule has 1 aliphatic heterocycles. The Morgan fingerprint density at radius 3 is 2.60 bits per heavy atom. The first-order chi connectivity index (χ1) is 19.4. The number of nitrogens with zero attached hydrogens (tertiary/aromatic N) is 1. The fraction of sp³-hybridized carbons (Fsp3) is 0.355. The van der Waals surface area contributed by atoms with Crippen molar-refractivity contribution >= 4 is 23.2 Å². The number of carbonyl (C=O) groups is 2. The van der Waals surface area contributed by atoms with Crippen molar-refractivity contribution < 1.29 is 23.8 Å². The second kappa shape index (κ2) is 13.9. The van der Waals surface area contributed by atoms with Crippen molar-refractivity contribution in [1.29, 1.82) is 0 Å². The van der Waals surface area contributed by atoms with Gasteiger partial charge in [0.2, 0.25) is 5.91 Å². The molecule has 0 spiro atoms. The van der Waals surface area contributed by atoms with Gasteiger partial charge in [0.25, 0.3) is 5.91 Å². The quantitative estimate of drug-likeness (QED) is 0.259. The van der Waals surface area contributed by atoms with Crippen molar-refractivity contribution in [3.8, 4) is 5.75 Å². The first-order valence-electron chi connectivity index (χ1n) is 13.6. The van der Waals surface area contributed by atoms with Gasteiger partial charge in [0.1, 0.15) is 0 Å². The summed E-state index contributed by atoms with van der Waals surface area (Å²) in [4.78, 5) is 27.6. The minimum atomic E-state index is -0.914. The van der Waals surface area contributed by atoms with Crippen LogP contribution in [0.5, 0.6) is 5.75 Å². The molecule has 3 aromatic rings. The van der Waals surface area contributed by atoms with Crippen molar-refractivity contribution in [2.45, 2.75) is 44.9 Å². The molecular weight excluding hydrogens is 511 g/mol. The molecule has 1 aliphatic rings. The van der Waals surface area contributed by atoms with Gasteiger partial charge in [0.05, 0.1) is 19.3 Å². The van der Waals surface area contributed by atoms with Crippen molar-refractivity contribution in [3.63, 3.8) is 0 Å². The fourth-order valence-corrected chi connectivity index (χ4v) is 4.85. The summed E-state index contributed by atoms with van der Waals surface area (Å²) in [5.74, 6) is -0.575. The molecule has 2 amide bonds. The highest BCUT2D eigenvalue weighted by Crippen LogP contribution is 2.27. The largest absolute Gasteiger partial charge is 0.494 e. The van der Waals surface area contributed by atoms with Crippen LogP contribution in [0.3, 0.4) is 0 Å². The normalized spacial score (nSPS) is 14.6. The molecule has 40 heavy (non-hydrogen) atoms. The summed E-state index contributed by atoms with van der Waals surface area (Å²) in [7, 11) is 1.41. The Balaban J connectivity index is 1.49. The zero-order valence-corrected chi connectivity index (χ0v) is 23.0. The maximum Gasteiger partial charge on any atom is 0.251 e. The van der Waals surface area contributed by atoms with Crippen LogP contribution < -0.4 is 25.6 Å². The van der Waals surface area contributed by atoms with E-state index in [1.54, 1.807) is 29.2 Å². The van der Waals surface area contributed by atoms with E-state index in [1.807, 2.05) is 43.3 Å². The van der Waals surface area contributed by atoms with Gasteiger partial charge in [-0.15, -0.1) is 0 Å². The van der Waals surface area contributed by atoms with Crippen molar-refractivity contribution in [3.05, 3.63) is 89.2 Å². The van der Waals surface area contributed by atoms with Crippen LogP contribution in [0.2, 0.25) is 0 Å². The van der Waals surface area contributed by atoms with Crippen molar-refractivity contribution in [2.75, 3.05) is 37.0 Å². The zero-order chi connectivity index (χ0) is 28.5. The van der Waals surface area contributed by atoms with Crippen molar-refractivity contribution in [2.24, 2.45) is 0 Å². The summed E-state index contributed by atoms with van der Waals surface area (Å²) in [5.41, 5.74) is 3.62. The summed E-state index contributed by atoms with van der Waals surface area (Å²) >= 11 is 0. The molecule has 1 heterocycles. The number of nitrogens with one attached hydrogen (secondary N) is 3. The number of hydrogen-bond acceptors (Lipinski definition) is 6. The van der Waals surface area contributed by atoms with Crippen LogP contribution in [0, 0.1) is 5.82 Å². The highest BCUT2D eigenvalue weighted by molar-refractivity contribution is 6.00. The van der Waals surface area contributed by atoms with Gasteiger partial charge in [-0.2, -0.15) is 0 Å². The van der Waals surface area contributed by atoms with E-state index in [-0.39, 0.29) is 24.1 Å². The van der Waals surface area contributed by atoms with Crippen LogP contribution in [-0.4, -0.2) is 55.8 Å². The van der Waals surface area contributed by atoms with Gasteiger partial charge in [-0.25, -0.2) is 4.39 Å². The molecule has 2 atom stereocenters. The lowest BCUT2D eigenvalue weighted by Crippen LogP contribution is -2.48. The average molecular weight is 549 g/mol. The van der Waals surface area contributed by atoms with Crippen LogP contribution in [0.15, 0.2) is 66.7 Å². The van der Waals surface area contributed by atoms with Gasteiger partial charge in [-0.1, -0.05) is 36.4 Å². The highest BCUT2D eigenvalue weighted by atomic mass is 19.1. The molecule has 0 radical (unpaired) electrons. The molecule has 3 aromatic carbocycles. The lowest BCUT2D eigenvalue weighted by Gasteiger charge is -2.25. The fourth-order valence-electron chi connectivity index (χ4n) is 4.85. The van der Waals surface area contributed by atoms with Gasteiger partial charge in [0, 0.05) is 49.5 Å². The lowest BCUT2D eigenvalue weighted by molar-refractivity contribution is -0.117. The van der Waals surface area contributed by atoms with E-state index in [2.05, 4.69) is 16.0 Å². The number of amides is 2.